The summed E-state index contributed by atoms with van der Waals surface area (Å²) in [7, 11) is 0. The van der Waals surface area contributed by atoms with E-state index in [4.69, 9.17) is 5.73 Å². The average molecular weight is 473 g/mol. The standard InChI is InChI=1S/C25H27F3N4O2/c1-16(5-4-12-29)23(33)32-22(13-17-8-10-19(11-9-17)25(26,27)28)24(34)31-20-14-18-6-2-3-7-21(18)30-15-20/h2-3,6-11,14-16,22H,4-5,12-13,29H2,1H3,(H,31,34)(H,32,33). The van der Waals surface area contributed by atoms with Gasteiger partial charge in [0.2, 0.25) is 11.8 Å². The molecule has 180 valence electrons. The maximum absolute atomic E-state index is 13.1. The molecule has 1 aromatic heterocycles. The Morgan fingerprint density at radius 2 is 1.76 bits per heavy atom. The molecule has 3 rings (SSSR count). The zero-order chi connectivity index (χ0) is 24.7. The van der Waals surface area contributed by atoms with Gasteiger partial charge in [0, 0.05) is 17.7 Å². The number of nitrogens with zero attached hydrogens (tertiary/aromatic N) is 1. The van der Waals surface area contributed by atoms with Crippen molar-refractivity contribution in [2.45, 2.75) is 38.4 Å². The molecule has 2 aromatic carbocycles. The molecule has 0 saturated carbocycles. The van der Waals surface area contributed by atoms with E-state index in [0.717, 1.165) is 23.0 Å². The number of halogens is 3. The molecule has 6 nitrogen and oxygen atoms in total. The van der Waals surface area contributed by atoms with Gasteiger partial charge in [-0.15, -0.1) is 0 Å². The number of carbonyl (C=O) groups excluding carboxylic acids is 2. The first-order valence-corrected chi connectivity index (χ1v) is 11.0. The van der Waals surface area contributed by atoms with Gasteiger partial charge >= 0.3 is 6.18 Å². The van der Waals surface area contributed by atoms with Crippen molar-refractivity contribution in [1.82, 2.24) is 10.3 Å². The van der Waals surface area contributed by atoms with E-state index < -0.39 is 23.7 Å². The highest BCUT2D eigenvalue weighted by molar-refractivity contribution is 5.98. The van der Waals surface area contributed by atoms with Crippen LogP contribution in [0.15, 0.2) is 60.8 Å². The van der Waals surface area contributed by atoms with Crippen molar-refractivity contribution in [3.8, 4) is 0 Å². The lowest BCUT2D eigenvalue weighted by Crippen LogP contribution is -2.47. The molecular formula is C25H27F3N4O2. The third kappa shape index (κ3) is 6.77. The van der Waals surface area contributed by atoms with Crippen LogP contribution in [0, 0.1) is 5.92 Å². The number of pyridine rings is 1. The number of carbonyl (C=O) groups is 2. The highest BCUT2D eigenvalue weighted by Gasteiger charge is 2.30. The van der Waals surface area contributed by atoms with E-state index in [9.17, 15) is 22.8 Å². The molecule has 0 radical (unpaired) electrons. The second kappa shape index (κ2) is 11.1. The van der Waals surface area contributed by atoms with E-state index in [2.05, 4.69) is 15.6 Å². The van der Waals surface area contributed by atoms with Crippen LogP contribution in [0.25, 0.3) is 10.9 Å². The molecule has 9 heteroatoms. The van der Waals surface area contributed by atoms with Crippen molar-refractivity contribution in [1.29, 1.82) is 0 Å². The van der Waals surface area contributed by atoms with Crippen LogP contribution in [0.2, 0.25) is 0 Å². The first-order valence-electron chi connectivity index (χ1n) is 11.0. The SMILES string of the molecule is CC(CCCN)C(=O)NC(Cc1ccc(C(F)(F)F)cc1)C(=O)Nc1cnc2ccccc2c1. The van der Waals surface area contributed by atoms with E-state index in [1.54, 1.807) is 13.0 Å². The van der Waals surface area contributed by atoms with Gasteiger partial charge < -0.3 is 16.4 Å². The number of aromatic nitrogens is 1. The van der Waals surface area contributed by atoms with E-state index in [0.29, 0.717) is 30.6 Å². The molecule has 0 aliphatic rings. The quantitative estimate of drug-likeness (QED) is 0.433. The van der Waals surface area contributed by atoms with Crippen molar-refractivity contribution >= 4 is 28.4 Å². The smallest absolute Gasteiger partial charge is 0.344 e. The molecular weight excluding hydrogens is 445 g/mol. The van der Waals surface area contributed by atoms with Crippen LogP contribution in [-0.2, 0) is 22.2 Å². The van der Waals surface area contributed by atoms with Gasteiger partial charge in [0.25, 0.3) is 0 Å². The summed E-state index contributed by atoms with van der Waals surface area (Å²) in [4.78, 5) is 30.1. The number of hydrogen-bond acceptors (Lipinski definition) is 4. The summed E-state index contributed by atoms with van der Waals surface area (Å²) in [6.07, 6.45) is -1.69. The maximum Gasteiger partial charge on any atom is 0.416 e. The van der Waals surface area contributed by atoms with E-state index >= 15 is 0 Å². The Bertz CT molecular complexity index is 1130. The fourth-order valence-electron chi connectivity index (χ4n) is 3.51. The number of alkyl halides is 3. The van der Waals surface area contributed by atoms with Gasteiger partial charge in [-0.05, 0) is 49.2 Å². The van der Waals surface area contributed by atoms with Crippen molar-refractivity contribution in [3.05, 3.63) is 71.9 Å². The molecule has 0 aliphatic heterocycles. The van der Waals surface area contributed by atoms with Gasteiger partial charge in [0.05, 0.1) is 23.0 Å². The molecule has 0 bridgehead atoms. The highest BCUT2D eigenvalue weighted by atomic mass is 19.4. The normalized spacial score (nSPS) is 13.3. The van der Waals surface area contributed by atoms with Crippen LogP contribution in [-0.4, -0.2) is 29.4 Å². The lowest BCUT2D eigenvalue weighted by atomic mass is 10.0. The number of hydrogen-bond donors (Lipinski definition) is 3. The maximum atomic E-state index is 13.1. The number of amides is 2. The summed E-state index contributed by atoms with van der Waals surface area (Å²) in [5, 5.41) is 6.34. The van der Waals surface area contributed by atoms with Gasteiger partial charge in [-0.2, -0.15) is 13.2 Å². The molecule has 3 aromatic rings. The number of benzene rings is 2. The van der Waals surface area contributed by atoms with E-state index in [1.807, 2.05) is 24.3 Å². The largest absolute Gasteiger partial charge is 0.416 e. The zero-order valence-corrected chi connectivity index (χ0v) is 18.7. The Morgan fingerprint density at radius 1 is 1.06 bits per heavy atom. The number of anilines is 1. The third-order valence-corrected chi connectivity index (χ3v) is 5.50. The minimum Gasteiger partial charge on any atom is -0.344 e. The van der Waals surface area contributed by atoms with Gasteiger partial charge in [-0.3, -0.25) is 14.6 Å². The highest BCUT2D eigenvalue weighted by Crippen LogP contribution is 2.29. The molecule has 0 fully saturated rings. The van der Waals surface area contributed by atoms with Crippen molar-refractivity contribution in [2.24, 2.45) is 11.7 Å². The van der Waals surface area contributed by atoms with E-state index in [1.165, 1.54) is 18.3 Å². The molecule has 2 amide bonds. The van der Waals surface area contributed by atoms with Crippen molar-refractivity contribution in [2.75, 3.05) is 11.9 Å². The molecule has 4 N–H and O–H groups in total. The van der Waals surface area contributed by atoms with Gasteiger partial charge in [0.15, 0.2) is 0 Å². The van der Waals surface area contributed by atoms with E-state index in [-0.39, 0.29) is 18.2 Å². The molecule has 34 heavy (non-hydrogen) atoms. The van der Waals surface area contributed by atoms with Crippen LogP contribution in [0.4, 0.5) is 18.9 Å². The van der Waals surface area contributed by atoms with Gasteiger partial charge in [-0.1, -0.05) is 37.3 Å². The molecule has 1 heterocycles. The number of rotatable bonds is 9. The minimum atomic E-state index is -4.45. The summed E-state index contributed by atoms with van der Waals surface area (Å²) in [5.74, 6) is -1.18. The van der Waals surface area contributed by atoms with Gasteiger partial charge in [0.1, 0.15) is 6.04 Å². The first-order chi connectivity index (χ1) is 16.2. The van der Waals surface area contributed by atoms with Crippen molar-refractivity contribution < 1.29 is 22.8 Å². The Morgan fingerprint density at radius 3 is 2.44 bits per heavy atom. The number of fused-ring (bicyclic) bond motifs is 1. The second-order valence-corrected chi connectivity index (χ2v) is 8.20. The Hall–Kier alpha value is -3.46. The van der Waals surface area contributed by atoms with Crippen LogP contribution in [0.5, 0.6) is 0 Å². The third-order valence-electron chi connectivity index (χ3n) is 5.50. The number of para-hydroxylation sites is 1. The van der Waals surface area contributed by atoms with Crippen LogP contribution >= 0.6 is 0 Å². The fraction of sp³-hybridized carbons (Fsp3) is 0.320. The Balaban J connectivity index is 1.79. The van der Waals surface area contributed by atoms with Gasteiger partial charge in [-0.25, -0.2) is 0 Å². The van der Waals surface area contributed by atoms with Crippen LogP contribution < -0.4 is 16.4 Å². The van der Waals surface area contributed by atoms with Crippen LogP contribution in [0.3, 0.4) is 0 Å². The minimum absolute atomic E-state index is 0.0281. The van der Waals surface area contributed by atoms with Crippen LogP contribution in [0.1, 0.15) is 30.9 Å². The number of nitrogens with one attached hydrogen (secondary N) is 2. The monoisotopic (exact) mass is 472 g/mol. The summed E-state index contributed by atoms with van der Waals surface area (Å²) in [5.41, 5.74) is 6.44. The summed E-state index contributed by atoms with van der Waals surface area (Å²) in [6.45, 7) is 2.19. The topological polar surface area (TPSA) is 97.1 Å². The molecule has 0 saturated heterocycles. The zero-order valence-electron chi connectivity index (χ0n) is 18.7. The fourth-order valence-corrected chi connectivity index (χ4v) is 3.51. The summed E-state index contributed by atoms with van der Waals surface area (Å²) >= 11 is 0. The lowest BCUT2D eigenvalue weighted by molar-refractivity contribution is -0.137. The first kappa shape index (κ1) is 25.2. The summed E-state index contributed by atoms with van der Waals surface area (Å²) < 4.78 is 38.7. The number of nitrogens with two attached hydrogens (primary N) is 1. The molecule has 2 unspecified atom stereocenters. The predicted molar refractivity (Wildman–Crippen MR) is 125 cm³/mol. The van der Waals surface area contributed by atoms with Crippen molar-refractivity contribution in [3.63, 3.8) is 0 Å². The summed E-state index contributed by atoms with van der Waals surface area (Å²) in [6, 6.07) is 12.7. The molecule has 0 spiro atoms. The molecule has 2 atom stereocenters. The Kier molecular flexibility index (Phi) is 8.22. The Labute approximate surface area is 195 Å². The second-order valence-electron chi connectivity index (χ2n) is 8.20. The lowest BCUT2D eigenvalue weighted by Gasteiger charge is -2.21. The molecule has 0 aliphatic carbocycles. The average Bonchev–Trinajstić information content (AvgIpc) is 2.81. The predicted octanol–water partition coefficient (Wildman–Crippen LogP) is 4.29.